The predicted octanol–water partition coefficient (Wildman–Crippen LogP) is 3.50. The minimum absolute atomic E-state index is 0.0574. The van der Waals surface area contributed by atoms with Crippen LogP contribution in [0.1, 0.15) is 79.0 Å². The lowest BCUT2D eigenvalue weighted by atomic mass is 9.77. The average Bonchev–Trinajstić information content (AvgIpc) is 3.53. The molecule has 4 amide bonds. The Kier molecular flexibility index (Phi) is 7.56. The van der Waals surface area contributed by atoms with Gasteiger partial charge in [-0.25, -0.2) is 14.1 Å². The normalized spacial score (nSPS) is 20.2. The summed E-state index contributed by atoms with van der Waals surface area (Å²) in [4.78, 5) is 49.1. The molecular weight excluding hydrogens is 554 g/mol. The molecule has 2 aliphatic carbocycles. The molecule has 3 aliphatic rings. The number of hydrogen-bond donors (Lipinski definition) is 3. The van der Waals surface area contributed by atoms with E-state index in [1.807, 2.05) is 0 Å². The molecule has 0 saturated heterocycles. The van der Waals surface area contributed by atoms with Crippen LogP contribution in [-0.2, 0) is 44.8 Å². The highest BCUT2D eigenvalue weighted by Gasteiger charge is 2.44. The van der Waals surface area contributed by atoms with E-state index in [2.05, 4.69) is 28.5 Å². The van der Waals surface area contributed by atoms with Gasteiger partial charge < -0.3 is 11.1 Å². The highest BCUT2D eigenvalue weighted by atomic mass is 32.2. The zero-order chi connectivity index (χ0) is 30.4. The van der Waals surface area contributed by atoms with E-state index in [-0.39, 0.29) is 35.3 Å². The van der Waals surface area contributed by atoms with Crippen molar-refractivity contribution in [3.63, 3.8) is 0 Å². The van der Waals surface area contributed by atoms with Gasteiger partial charge in [-0.2, -0.15) is 0 Å². The lowest BCUT2D eigenvalue weighted by Crippen LogP contribution is -2.52. The van der Waals surface area contributed by atoms with Crippen molar-refractivity contribution in [2.45, 2.75) is 70.6 Å². The Bertz CT molecular complexity index is 1680. The maximum Gasteiger partial charge on any atom is 0.354 e. The van der Waals surface area contributed by atoms with Crippen LogP contribution in [-0.4, -0.2) is 51.2 Å². The summed E-state index contributed by atoms with van der Waals surface area (Å²) in [5.74, 6) is -0.677. The Morgan fingerprint density at radius 1 is 1.14 bits per heavy atom. The van der Waals surface area contributed by atoms with E-state index in [1.54, 1.807) is 38.1 Å². The number of anilines is 1. The van der Waals surface area contributed by atoms with Crippen LogP contribution in [0.3, 0.4) is 0 Å². The molecule has 2 aromatic rings. The number of carbonyl (C=O) groups excluding carboxylic acids is 3. The number of carbonyl (C=O) groups is 3. The van der Waals surface area contributed by atoms with Gasteiger partial charge in [0, 0.05) is 29.4 Å². The second-order valence-corrected chi connectivity index (χ2v) is 13.9. The maximum atomic E-state index is 13.0. The lowest BCUT2D eigenvalue weighted by molar-refractivity contribution is -0.134. The molecule has 5 rings (SSSR count). The molecule has 1 aromatic carbocycles. The number of rotatable bonds is 6. The highest BCUT2D eigenvalue weighted by molar-refractivity contribution is 7.95. The lowest BCUT2D eigenvalue weighted by Gasteiger charge is -2.37. The first-order valence-electron chi connectivity index (χ1n) is 14.1. The Morgan fingerprint density at radius 2 is 1.88 bits per heavy atom. The molecule has 12 heteroatoms. The van der Waals surface area contributed by atoms with Gasteiger partial charge in [-0.1, -0.05) is 32.0 Å². The molecule has 1 aliphatic heterocycles. The molecule has 0 radical (unpaired) electrons. The van der Waals surface area contributed by atoms with Gasteiger partial charge >= 0.3 is 6.03 Å². The Balaban J connectivity index is 1.26. The van der Waals surface area contributed by atoms with Gasteiger partial charge in [-0.3, -0.25) is 24.5 Å². The van der Waals surface area contributed by atoms with Gasteiger partial charge in [0.25, 0.3) is 5.91 Å². The molecular formula is C30H37N7O4S. The number of urea groups is 1. The number of nitrogens with zero attached hydrogens (tertiary/aromatic N) is 4. The van der Waals surface area contributed by atoms with E-state index >= 15 is 0 Å². The largest absolute Gasteiger partial charge is 0.390 e. The first kappa shape index (κ1) is 29.6. The van der Waals surface area contributed by atoms with Crippen LogP contribution in [0.4, 0.5) is 10.5 Å². The van der Waals surface area contributed by atoms with Crippen LogP contribution in [0.5, 0.6) is 0 Å². The number of amides is 4. The number of imide groups is 1. The fourth-order valence-electron chi connectivity index (χ4n) is 6.00. The van der Waals surface area contributed by atoms with Crippen LogP contribution in [0.15, 0.2) is 44.7 Å². The second kappa shape index (κ2) is 10.7. The number of benzene rings is 1. The van der Waals surface area contributed by atoms with Crippen molar-refractivity contribution in [1.82, 2.24) is 9.88 Å². The van der Waals surface area contributed by atoms with Crippen molar-refractivity contribution < 1.29 is 18.6 Å². The first-order chi connectivity index (χ1) is 19.7. The second-order valence-electron chi connectivity index (χ2n) is 12.1. The summed E-state index contributed by atoms with van der Waals surface area (Å²) < 4.78 is 16.7. The smallest absolute Gasteiger partial charge is 0.354 e. The topological polar surface area (TPSA) is 173 Å². The van der Waals surface area contributed by atoms with Crippen molar-refractivity contribution in [3.05, 3.63) is 69.0 Å². The minimum Gasteiger partial charge on any atom is -0.390 e. The molecule has 2 heterocycles. The zero-order valence-corrected chi connectivity index (χ0v) is 25.2. The molecule has 1 aromatic heterocycles. The Morgan fingerprint density at radius 3 is 2.64 bits per heavy atom. The number of hydrogen-bond acceptors (Lipinski definition) is 7. The van der Waals surface area contributed by atoms with Crippen molar-refractivity contribution in [2.24, 2.45) is 20.2 Å². The van der Waals surface area contributed by atoms with Crippen LogP contribution in [0.2, 0.25) is 0 Å². The van der Waals surface area contributed by atoms with Gasteiger partial charge in [0.05, 0.1) is 23.3 Å². The van der Waals surface area contributed by atoms with Crippen LogP contribution >= 0.6 is 0 Å². The summed E-state index contributed by atoms with van der Waals surface area (Å²) in [7, 11) is -3.73. The summed E-state index contributed by atoms with van der Waals surface area (Å²) in [6, 6.07) is 6.23. The van der Waals surface area contributed by atoms with E-state index in [0.29, 0.717) is 16.8 Å². The summed E-state index contributed by atoms with van der Waals surface area (Å²) in [5, 5.41) is 8.37. The average molecular weight is 592 g/mol. The van der Waals surface area contributed by atoms with E-state index in [0.717, 1.165) is 54.6 Å². The van der Waals surface area contributed by atoms with E-state index in [1.165, 1.54) is 17.2 Å². The van der Waals surface area contributed by atoms with Gasteiger partial charge in [-0.15, -0.1) is 4.36 Å². The third kappa shape index (κ3) is 5.24. The monoisotopic (exact) mass is 591 g/mol. The van der Waals surface area contributed by atoms with Gasteiger partial charge in [0.15, 0.2) is 9.92 Å². The van der Waals surface area contributed by atoms with Gasteiger partial charge in [0.1, 0.15) is 5.03 Å². The molecule has 1 unspecified atom stereocenters. The van der Waals surface area contributed by atoms with Crippen LogP contribution in [0, 0.1) is 0 Å². The third-order valence-corrected chi connectivity index (χ3v) is 9.66. The minimum atomic E-state index is -3.73. The number of pyridine rings is 1. The van der Waals surface area contributed by atoms with E-state index in [4.69, 9.17) is 15.9 Å². The Hall–Kier alpha value is -3.90. The standard InChI is InChI=1S/C30H37N7O4S/c1-29(2)14-12-20-24(19-9-7-11-22(19)34-25(20)29)35-28(40)36-42(32,41)23(31)13-15-33-16-17-37-26(38)18-8-5-6-10-21(18)30(3,4)27(37)39/h5-6,8,10,13,15H,7,9,11-12,14,16-17,31H2,1-4H3,(H3,32,34,35,36,40,41). The molecule has 0 fully saturated rings. The summed E-state index contributed by atoms with van der Waals surface area (Å²) in [6.07, 6.45) is 6.81. The Labute approximate surface area is 246 Å². The van der Waals surface area contributed by atoms with E-state index < -0.39 is 21.4 Å². The quantitative estimate of drug-likeness (QED) is 0.342. The number of aryl methyl sites for hydroxylation is 1. The SMILES string of the molecule is CC1(C)CCc2c1nc1c(c2NC(=O)N=S(N)(=O)C(N)=CC=NCCN2C(=O)c3ccccc3C(C)(C)C2=O)CCC1. The van der Waals surface area contributed by atoms with Crippen molar-refractivity contribution >= 4 is 39.7 Å². The number of aliphatic imine (C=N–C) groups is 1. The molecule has 222 valence electrons. The van der Waals surface area contributed by atoms with Gasteiger partial charge in [0.2, 0.25) is 5.91 Å². The zero-order valence-electron chi connectivity index (χ0n) is 24.4. The highest BCUT2D eigenvalue weighted by Crippen LogP contribution is 2.44. The number of allylic oxidation sites excluding steroid dienone is 1. The molecule has 11 nitrogen and oxygen atoms in total. The van der Waals surface area contributed by atoms with Crippen LogP contribution < -0.4 is 16.2 Å². The summed E-state index contributed by atoms with van der Waals surface area (Å²) >= 11 is 0. The number of nitrogens with one attached hydrogen (secondary N) is 1. The number of aromatic nitrogens is 1. The molecule has 0 spiro atoms. The van der Waals surface area contributed by atoms with Gasteiger partial charge in [-0.05, 0) is 74.8 Å². The first-order valence-corrected chi connectivity index (χ1v) is 15.6. The summed E-state index contributed by atoms with van der Waals surface area (Å²) in [5.41, 5.74) is 10.9. The molecule has 1 atom stereocenters. The third-order valence-electron chi connectivity index (χ3n) is 8.41. The molecule has 5 N–H and O–H groups in total. The van der Waals surface area contributed by atoms with Crippen molar-refractivity contribution in [2.75, 3.05) is 18.4 Å². The van der Waals surface area contributed by atoms with E-state index in [9.17, 15) is 18.6 Å². The number of nitrogens with two attached hydrogens (primary N) is 2. The maximum absolute atomic E-state index is 13.0. The fourth-order valence-corrected chi connectivity index (χ4v) is 6.66. The van der Waals surface area contributed by atoms with Crippen molar-refractivity contribution in [1.29, 1.82) is 0 Å². The summed E-state index contributed by atoms with van der Waals surface area (Å²) in [6.45, 7) is 8.01. The predicted molar refractivity (Wildman–Crippen MR) is 163 cm³/mol. The molecule has 0 bridgehead atoms. The van der Waals surface area contributed by atoms with Crippen LogP contribution in [0.25, 0.3) is 0 Å². The molecule has 42 heavy (non-hydrogen) atoms. The van der Waals surface area contributed by atoms with Crippen molar-refractivity contribution in [3.8, 4) is 0 Å². The molecule has 0 saturated carbocycles. The number of fused-ring (bicyclic) bond motifs is 3. The fraction of sp³-hybridized carbons (Fsp3) is 0.433.